The summed E-state index contributed by atoms with van der Waals surface area (Å²) < 4.78 is 5.51. The van der Waals surface area contributed by atoms with E-state index in [1.54, 1.807) is 79.7 Å². The molecule has 1 aromatic heterocycles. The molecular formula is C47H40ClN3O5S2. The topological polar surface area (TPSA) is 114 Å². The maximum absolute atomic E-state index is 14.4. The van der Waals surface area contributed by atoms with E-state index in [1.807, 2.05) is 54.6 Å². The molecule has 0 radical (unpaired) electrons. The Bertz CT molecular complexity index is 2460. The number of benzene rings is 5. The lowest BCUT2D eigenvalue weighted by atomic mass is 9.83. The number of nitrogens with one attached hydrogen (secondary N) is 3. The average molecular weight is 826 g/mol. The number of halogens is 1. The molecule has 0 fully saturated rings. The van der Waals surface area contributed by atoms with Gasteiger partial charge in [0.15, 0.2) is 0 Å². The van der Waals surface area contributed by atoms with E-state index in [4.69, 9.17) is 16.3 Å². The highest BCUT2D eigenvalue weighted by molar-refractivity contribution is 8.00. The molecule has 8 nitrogen and oxygen atoms in total. The summed E-state index contributed by atoms with van der Waals surface area (Å²) in [7, 11) is 0. The number of thioether (sulfide) groups is 1. The second kappa shape index (κ2) is 19.0. The van der Waals surface area contributed by atoms with Crippen LogP contribution >= 0.6 is 34.7 Å². The molecule has 2 atom stereocenters. The van der Waals surface area contributed by atoms with Gasteiger partial charge >= 0.3 is 5.97 Å². The van der Waals surface area contributed by atoms with E-state index in [9.17, 15) is 19.2 Å². The van der Waals surface area contributed by atoms with Crippen LogP contribution in [0.15, 0.2) is 150 Å². The number of hydrogen-bond donors (Lipinski definition) is 3. The highest BCUT2D eigenvalue weighted by Gasteiger charge is 2.32. The third-order valence-electron chi connectivity index (χ3n) is 9.67. The minimum absolute atomic E-state index is 0.00677. The van der Waals surface area contributed by atoms with Crippen molar-refractivity contribution >= 4 is 75.2 Å². The molecule has 0 saturated heterocycles. The second-order valence-corrected chi connectivity index (χ2v) is 16.2. The average Bonchev–Trinajstić information content (AvgIpc) is 3.61. The van der Waals surface area contributed by atoms with Crippen LogP contribution in [0.1, 0.15) is 72.4 Å². The molecule has 0 bridgehead atoms. The van der Waals surface area contributed by atoms with Crippen LogP contribution < -0.4 is 16.0 Å². The number of thiophene rings is 1. The molecule has 292 valence electrons. The predicted octanol–water partition coefficient (Wildman–Crippen LogP) is 10.7. The molecule has 0 aliphatic heterocycles. The predicted molar refractivity (Wildman–Crippen MR) is 234 cm³/mol. The van der Waals surface area contributed by atoms with Gasteiger partial charge in [0.2, 0.25) is 5.91 Å². The van der Waals surface area contributed by atoms with Crippen LogP contribution in [0.25, 0.3) is 6.08 Å². The van der Waals surface area contributed by atoms with Gasteiger partial charge in [-0.3, -0.25) is 14.4 Å². The number of carbonyl (C=O) groups is 4. The van der Waals surface area contributed by atoms with E-state index in [0.29, 0.717) is 49.6 Å². The molecular weight excluding hydrogens is 786 g/mol. The SMILES string of the molecule is CCOC(=O)c1c(NC(=O)C(Sc2cccc(NC(=O)/C(=C\c3ccccc3Cl)NC(=O)c3ccccc3)c2)c2ccccc2)sc2c1CCC(c1ccccc1)C2. The zero-order valence-corrected chi connectivity index (χ0v) is 34.0. The third kappa shape index (κ3) is 9.77. The Morgan fingerprint density at radius 1 is 0.845 bits per heavy atom. The van der Waals surface area contributed by atoms with Gasteiger partial charge in [0, 0.05) is 26.0 Å². The zero-order chi connectivity index (χ0) is 40.4. The first-order valence-electron chi connectivity index (χ1n) is 18.9. The molecule has 11 heteroatoms. The van der Waals surface area contributed by atoms with Crippen LogP contribution in [-0.4, -0.2) is 30.3 Å². The number of anilines is 2. The fourth-order valence-corrected chi connectivity index (χ4v) is 9.45. The van der Waals surface area contributed by atoms with Crippen LogP contribution in [0.4, 0.5) is 10.7 Å². The van der Waals surface area contributed by atoms with Crippen molar-refractivity contribution in [2.45, 2.75) is 42.2 Å². The van der Waals surface area contributed by atoms with Gasteiger partial charge in [-0.25, -0.2) is 4.79 Å². The lowest BCUT2D eigenvalue weighted by Gasteiger charge is -2.23. The zero-order valence-electron chi connectivity index (χ0n) is 31.6. The first-order chi connectivity index (χ1) is 28.3. The molecule has 0 saturated carbocycles. The van der Waals surface area contributed by atoms with Crippen molar-refractivity contribution in [3.05, 3.63) is 189 Å². The number of hydrogen-bond acceptors (Lipinski definition) is 7. The molecule has 0 spiro atoms. The quantitative estimate of drug-likeness (QED) is 0.0607. The van der Waals surface area contributed by atoms with Crippen molar-refractivity contribution in [1.29, 1.82) is 0 Å². The van der Waals surface area contributed by atoms with E-state index in [2.05, 4.69) is 28.1 Å². The van der Waals surface area contributed by atoms with Crippen LogP contribution in [0.3, 0.4) is 0 Å². The van der Waals surface area contributed by atoms with Crippen molar-refractivity contribution in [3.63, 3.8) is 0 Å². The number of fused-ring (bicyclic) bond motifs is 1. The molecule has 1 aliphatic carbocycles. The first kappa shape index (κ1) is 40.3. The summed E-state index contributed by atoms with van der Waals surface area (Å²) in [6.07, 6.45) is 3.89. The van der Waals surface area contributed by atoms with Gasteiger partial charge in [-0.05, 0) is 96.8 Å². The largest absolute Gasteiger partial charge is 0.462 e. The van der Waals surface area contributed by atoms with Gasteiger partial charge in [0.25, 0.3) is 11.8 Å². The number of rotatable bonds is 13. The summed E-state index contributed by atoms with van der Waals surface area (Å²) in [5, 5.41) is 8.96. The maximum Gasteiger partial charge on any atom is 0.341 e. The van der Waals surface area contributed by atoms with E-state index in [-0.39, 0.29) is 18.2 Å². The first-order valence-corrected chi connectivity index (χ1v) is 21.0. The van der Waals surface area contributed by atoms with Gasteiger partial charge in [-0.1, -0.05) is 115 Å². The van der Waals surface area contributed by atoms with Crippen LogP contribution in [0.2, 0.25) is 5.02 Å². The molecule has 3 N–H and O–H groups in total. The number of esters is 1. The monoisotopic (exact) mass is 825 g/mol. The van der Waals surface area contributed by atoms with Gasteiger partial charge in [0.1, 0.15) is 15.9 Å². The van der Waals surface area contributed by atoms with Crippen LogP contribution in [0.5, 0.6) is 0 Å². The molecule has 5 aromatic carbocycles. The molecule has 7 rings (SSSR count). The van der Waals surface area contributed by atoms with Crippen molar-refractivity contribution in [2.75, 3.05) is 17.2 Å². The number of carbonyl (C=O) groups excluding carboxylic acids is 4. The van der Waals surface area contributed by atoms with Gasteiger partial charge in [0.05, 0.1) is 12.2 Å². The molecule has 1 heterocycles. The highest BCUT2D eigenvalue weighted by atomic mass is 35.5. The molecule has 1 aliphatic rings. The minimum atomic E-state index is -0.723. The Morgan fingerprint density at radius 3 is 2.26 bits per heavy atom. The van der Waals surface area contributed by atoms with Gasteiger partial charge < -0.3 is 20.7 Å². The summed E-state index contributed by atoms with van der Waals surface area (Å²) in [5.74, 6) is -1.45. The van der Waals surface area contributed by atoms with E-state index < -0.39 is 23.0 Å². The summed E-state index contributed by atoms with van der Waals surface area (Å²) in [6, 6.07) is 42.6. The summed E-state index contributed by atoms with van der Waals surface area (Å²) in [5.41, 5.74) is 4.78. The lowest BCUT2D eigenvalue weighted by Crippen LogP contribution is -2.30. The summed E-state index contributed by atoms with van der Waals surface area (Å²) in [4.78, 5) is 56.7. The Hall–Kier alpha value is -5.94. The molecule has 2 unspecified atom stereocenters. The van der Waals surface area contributed by atoms with Crippen molar-refractivity contribution < 1.29 is 23.9 Å². The molecule has 58 heavy (non-hydrogen) atoms. The molecule has 6 aromatic rings. The van der Waals surface area contributed by atoms with Crippen LogP contribution in [-0.2, 0) is 27.2 Å². The lowest BCUT2D eigenvalue weighted by molar-refractivity contribution is -0.116. The van der Waals surface area contributed by atoms with Crippen molar-refractivity contribution in [1.82, 2.24) is 5.32 Å². The minimum Gasteiger partial charge on any atom is -0.462 e. The fraction of sp³-hybridized carbons (Fsp3) is 0.149. The van der Waals surface area contributed by atoms with Crippen molar-refractivity contribution in [3.8, 4) is 0 Å². The Balaban J connectivity index is 1.14. The number of ether oxygens (including phenoxy) is 1. The highest BCUT2D eigenvalue weighted by Crippen LogP contribution is 2.44. The van der Waals surface area contributed by atoms with Gasteiger partial charge in [-0.15, -0.1) is 23.1 Å². The van der Waals surface area contributed by atoms with Gasteiger partial charge in [-0.2, -0.15) is 0 Å². The normalized spacial score (nSPS) is 14.1. The van der Waals surface area contributed by atoms with Crippen LogP contribution in [0, 0.1) is 0 Å². The van der Waals surface area contributed by atoms with E-state index >= 15 is 0 Å². The summed E-state index contributed by atoms with van der Waals surface area (Å²) in [6.45, 7) is 1.99. The maximum atomic E-state index is 14.4. The standard InChI is InChI=1S/C47H40ClN3O5S2/c1-2-56-47(55)41-37-26-25-33(30-15-6-3-7-16-30)28-40(37)58-46(41)51-45(54)42(31-17-8-4-9-18-31)57-36-23-14-22-35(29-36)49-44(53)39(27-34-21-12-13-24-38(34)48)50-43(52)32-19-10-5-11-20-32/h3-24,27,29,33,42H,2,25-26,28H2,1H3,(H,49,53)(H,50,52)(H,51,54)/b39-27+. The van der Waals surface area contributed by atoms with E-state index in [1.165, 1.54) is 34.7 Å². The molecule has 3 amide bonds. The second-order valence-electron chi connectivity index (χ2n) is 13.6. The summed E-state index contributed by atoms with van der Waals surface area (Å²) >= 11 is 9.19. The Morgan fingerprint density at radius 2 is 1.53 bits per heavy atom. The fourth-order valence-electron chi connectivity index (χ4n) is 6.85. The van der Waals surface area contributed by atoms with E-state index in [0.717, 1.165) is 28.8 Å². The smallest absolute Gasteiger partial charge is 0.341 e. The Kier molecular flexibility index (Phi) is 13.2. The Labute approximate surface area is 350 Å². The third-order valence-corrected chi connectivity index (χ3v) is 12.4. The number of amides is 3. The van der Waals surface area contributed by atoms with Crippen molar-refractivity contribution in [2.24, 2.45) is 0 Å².